The van der Waals surface area contributed by atoms with Gasteiger partial charge in [-0.15, -0.1) is 0 Å². The summed E-state index contributed by atoms with van der Waals surface area (Å²) in [4.78, 5) is 10.6. The van der Waals surface area contributed by atoms with Gasteiger partial charge in [0.15, 0.2) is 11.5 Å². The molecule has 1 rings (SSSR count). The van der Waals surface area contributed by atoms with Crippen LogP contribution in [0, 0.1) is 13.0 Å². The Balaban J connectivity index is 2.22. The zero-order valence-electron chi connectivity index (χ0n) is 14.5. The smallest absolute Gasteiger partial charge is 0.221 e. The molecule has 23 heavy (non-hydrogen) atoms. The Morgan fingerprint density at radius 2 is 1.65 bits per heavy atom. The van der Waals surface area contributed by atoms with Crippen molar-refractivity contribution in [2.24, 2.45) is 0 Å². The average Bonchev–Trinajstić information content (AvgIpc) is 2.53. The summed E-state index contributed by atoms with van der Waals surface area (Å²) in [7, 11) is 3.29. The number of carbonyl (C=O) groups is 1. The van der Waals surface area contributed by atoms with E-state index in [1.165, 1.54) is 36.8 Å². The number of rotatable bonds is 12. The van der Waals surface area contributed by atoms with Crippen LogP contribution in [0.25, 0.3) is 0 Å². The van der Waals surface area contributed by atoms with Crippen molar-refractivity contribution in [1.29, 1.82) is 0 Å². The highest BCUT2D eigenvalue weighted by Gasteiger charge is 2.08. The molecule has 0 amide bonds. The van der Waals surface area contributed by atoms with Crippen molar-refractivity contribution in [2.45, 2.75) is 64.7 Å². The molecule has 0 aliphatic rings. The van der Waals surface area contributed by atoms with Crippen LogP contribution in [0.3, 0.4) is 0 Å². The van der Waals surface area contributed by atoms with Gasteiger partial charge in [0.25, 0.3) is 0 Å². The fourth-order valence-electron chi connectivity index (χ4n) is 2.66. The van der Waals surface area contributed by atoms with Crippen molar-refractivity contribution < 1.29 is 14.3 Å². The first kappa shape index (κ1) is 19.8. The molecule has 0 atom stereocenters. The van der Waals surface area contributed by atoms with Gasteiger partial charge >= 0.3 is 0 Å². The third-order valence-electron chi connectivity index (χ3n) is 4.04. The van der Waals surface area contributed by atoms with Gasteiger partial charge in [-0.2, -0.15) is 0 Å². The number of benzene rings is 1. The molecule has 1 aromatic carbocycles. The number of aryl methyl sites for hydroxylation is 2. The van der Waals surface area contributed by atoms with Crippen molar-refractivity contribution in [3.63, 3.8) is 0 Å². The third-order valence-corrected chi connectivity index (χ3v) is 4.22. The predicted octanol–water partition coefficient (Wildman–Crippen LogP) is 5.24. The Hall–Kier alpha value is -1.22. The summed E-state index contributed by atoms with van der Waals surface area (Å²) in [5.41, 5.74) is 2.41. The zero-order valence-corrected chi connectivity index (χ0v) is 15.3. The summed E-state index contributed by atoms with van der Waals surface area (Å²) in [6.45, 7) is 2.09. The highest BCUT2D eigenvalue weighted by molar-refractivity contribution is 6.63. The van der Waals surface area contributed by atoms with E-state index < -0.39 is 0 Å². The van der Waals surface area contributed by atoms with Crippen LogP contribution in [0.5, 0.6) is 11.5 Å². The highest BCUT2D eigenvalue weighted by Crippen LogP contribution is 2.30. The topological polar surface area (TPSA) is 35.5 Å². The molecule has 0 aliphatic carbocycles. The lowest BCUT2D eigenvalue weighted by atomic mass is 10.00. The molecule has 4 heteroatoms. The van der Waals surface area contributed by atoms with Gasteiger partial charge in [-0.3, -0.25) is 4.79 Å². The van der Waals surface area contributed by atoms with Crippen LogP contribution in [0.4, 0.5) is 0 Å². The van der Waals surface area contributed by atoms with Crippen molar-refractivity contribution in [3.8, 4) is 11.5 Å². The van der Waals surface area contributed by atoms with Crippen molar-refractivity contribution >= 4 is 16.8 Å². The van der Waals surface area contributed by atoms with Crippen LogP contribution < -0.4 is 9.47 Å². The first-order chi connectivity index (χ1) is 11.1. The highest BCUT2D eigenvalue weighted by atomic mass is 35.5. The molecule has 0 unspecified atom stereocenters. The van der Waals surface area contributed by atoms with Crippen molar-refractivity contribution in [3.05, 3.63) is 23.3 Å². The van der Waals surface area contributed by atoms with Crippen LogP contribution in [-0.2, 0) is 11.2 Å². The molecule has 0 spiro atoms. The first-order valence-electron chi connectivity index (χ1n) is 8.40. The normalized spacial score (nSPS) is 10.6. The Labute approximate surface area is 145 Å². The average molecular weight is 340 g/mol. The standard InChI is InChI=1S/C19H28ClO3/c1-15-13-17(22-2)18(23-3)14-16(15)11-9-7-5-4-6-8-10-12-19(20)21/h13H,4-12H2,1-3H3. The van der Waals surface area contributed by atoms with E-state index >= 15 is 0 Å². The van der Waals surface area contributed by atoms with E-state index in [1.807, 2.05) is 6.07 Å². The number of methoxy groups -OCH3 is 2. The van der Waals surface area contributed by atoms with Gasteiger partial charge in [0, 0.05) is 12.5 Å². The van der Waals surface area contributed by atoms with E-state index in [1.54, 1.807) is 14.2 Å². The SMILES string of the molecule is COc1[c]c(CCCCCCCCCC(=O)Cl)c(C)cc1OC. The quantitative estimate of drug-likeness (QED) is 0.386. The molecule has 3 nitrogen and oxygen atoms in total. The van der Waals surface area contributed by atoms with E-state index in [9.17, 15) is 4.79 Å². The molecule has 129 valence electrons. The molecule has 0 saturated heterocycles. The number of ether oxygens (including phenoxy) is 2. The largest absolute Gasteiger partial charge is 0.493 e. The molecular weight excluding hydrogens is 312 g/mol. The molecule has 0 N–H and O–H groups in total. The minimum Gasteiger partial charge on any atom is -0.493 e. The van der Waals surface area contributed by atoms with Crippen molar-refractivity contribution in [1.82, 2.24) is 0 Å². The Morgan fingerprint density at radius 1 is 1.04 bits per heavy atom. The number of halogens is 1. The van der Waals surface area contributed by atoms with Gasteiger partial charge in [0.05, 0.1) is 14.2 Å². The fraction of sp³-hybridized carbons (Fsp3) is 0.632. The van der Waals surface area contributed by atoms with Crippen LogP contribution >= 0.6 is 11.6 Å². The molecule has 1 aromatic rings. The predicted molar refractivity (Wildman–Crippen MR) is 94.6 cm³/mol. The van der Waals surface area contributed by atoms with Crippen LogP contribution in [0.1, 0.15) is 62.5 Å². The lowest BCUT2D eigenvalue weighted by Gasteiger charge is -2.12. The van der Waals surface area contributed by atoms with Crippen LogP contribution in [0.15, 0.2) is 6.07 Å². The van der Waals surface area contributed by atoms with Crippen LogP contribution in [-0.4, -0.2) is 19.5 Å². The van der Waals surface area contributed by atoms with E-state index in [2.05, 4.69) is 13.0 Å². The number of hydrogen-bond acceptors (Lipinski definition) is 3. The maximum atomic E-state index is 10.6. The lowest BCUT2D eigenvalue weighted by Crippen LogP contribution is -1.97. The Morgan fingerprint density at radius 3 is 2.22 bits per heavy atom. The summed E-state index contributed by atoms with van der Waals surface area (Å²) < 4.78 is 10.6. The zero-order chi connectivity index (χ0) is 17.1. The summed E-state index contributed by atoms with van der Waals surface area (Å²) in [6.07, 6.45) is 9.58. The molecule has 0 aliphatic heterocycles. The molecule has 0 bridgehead atoms. The third kappa shape index (κ3) is 7.74. The minimum atomic E-state index is -0.216. The fourth-order valence-corrected chi connectivity index (χ4v) is 2.79. The first-order valence-corrected chi connectivity index (χ1v) is 8.78. The molecular formula is C19H28ClO3. The monoisotopic (exact) mass is 339 g/mol. The minimum absolute atomic E-state index is 0.216. The molecule has 0 fully saturated rings. The maximum Gasteiger partial charge on any atom is 0.221 e. The van der Waals surface area contributed by atoms with Crippen LogP contribution in [0.2, 0.25) is 0 Å². The molecule has 0 saturated carbocycles. The Kier molecular flexibility index (Phi) is 9.77. The number of carbonyl (C=O) groups excluding carboxylic acids is 1. The van der Waals surface area contributed by atoms with Gasteiger partial charge in [-0.1, -0.05) is 32.1 Å². The molecule has 0 aromatic heterocycles. The second-order valence-electron chi connectivity index (χ2n) is 5.86. The molecule has 1 radical (unpaired) electrons. The lowest BCUT2D eigenvalue weighted by molar-refractivity contribution is -0.111. The second-order valence-corrected chi connectivity index (χ2v) is 6.28. The van der Waals surface area contributed by atoms with E-state index in [0.29, 0.717) is 12.2 Å². The van der Waals surface area contributed by atoms with E-state index in [0.717, 1.165) is 31.4 Å². The summed E-state index contributed by atoms with van der Waals surface area (Å²) in [6, 6.07) is 5.34. The van der Waals surface area contributed by atoms with Gasteiger partial charge in [-0.25, -0.2) is 0 Å². The van der Waals surface area contributed by atoms with E-state index in [4.69, 9.17) is 21.1 Å². The number of hydrogen-bond donors (Lipinski definition) is 0. The number of unbranched alkanes of at least 4 members (excludes halogenated alkanes) is 6. The molecule has 0 heterocycles. The van der Waals surface area contributed by atoms with Gasteiger partial charge < -0.3 is 9.47 Å². The summed E-state index contributed by atoms with van der Waals surface area (Å²) >= 11 is 5.31. The van der Waals surface area contributed by atoms with Gasteiger partial charge in [-0.05, 0) is 55.0 Å². The second kappa shape index (κ2) is 11.3. The van der Waals surface area contributed by atoms with Crippen molar-refractivity contribution in [2.75, 3.05) is 14.2 Å². The maximum absolute atomic E-state index is 10.6. The van der Waals surface area contributed by atoms with E-state index in [-0.39, 0.29) is 5.24 Å². The van der Waals surface area contributed by atoms with Gasteiger partial charge in [0.1, 0.15) is 0 Å². The summed E-state index contributed by atoms with van der Waals surface area (Å²) in [5, 5.41) is -0.216. The summed E-state index contributed by atoms with van der Waals surface area (Å²) in [5.74, 6) is 1.42. The van der Waals surface area contributed by atoms with Gasteiger partial charge in [0.2, 0.25) is 5.24 Å². The Bertz CT molecular complexity index is 486.